The van der Waals surface area contributed by atoms with Crippen molar-refractivity contribution in [3.05, 3.63) is 53.5 Å². The van der Waals surface area contributed by atoms with E-state index in [1.807, 2.05) is 0 Å². The standard InChI is InChI=1S/C16H8O8S/c17-11-15(12(18)23-11)7-6-10(8-16(15)13(19)24-14(16)20)25(21,22)9-4-2-1-3-5-9/h1-8H. The number of rotatable bonds is 2. The van der Waals surface area contributed by atoms with E-state index in [0.29, 0.717) is 0 Å². The first kappa shape index (κ1) is 15.5. The summed E-state index contributed by atoms with van der Waals surface area (Å²) in [5, 5.41) is 0. The highest BCUT2D eigenvalue weighted by Gasteiger charge is 2.81. The Kier molecular flexibility index (Phi) is 2.79. The summed E-state index contributed by atoms with van der Waals surface area (Å²) in [6.45, 7) is 0. The maximum atomic E-state index is 12.7. The summed E-state index contributed by atoms with van der Waals surface area (Å²) in [6, 6.07) is 7.31. The molecule has 2 fully saturated rings. The normalized spacial score (nSPS) is 22.8. The van der Waals surface area contributed by atoms with E-state index in [4.69, 9.17) is 0 Å². The SMILES string of the molecule is O=C1OC(=O)C12C=CC(S(=O)(=O)c1ccccc1)=CC21C(=O)OC1=O. The van der Waals surface area contributed by atoms with Gasteiger partial charge in [0.15, 0.2) is 0 Å². The van der Waals surface area contributed by atoms with Crippen molar-refractivity contribution in [2.75, 3.05) is 0 Å². The molecule has 3 aliphatic rings. The fraction of sp³-hybridized carbons (Fsp3) is 0.125. The van der Waals surface area contributed by atoms with Crippen LogP contribution in [-0.4, -0.2) is 32.3 Å². The number of carbonyl (C=O) groups is 4. The highest BCUT2D eigenvalue weighted by molar-refractivity contribution is 7.95. The fourth-order valence-corrected chi connectivity index (χ4v) is 4.45. The number of esters is 4. The molecule has 2 heterocycles. The number of benzene rings is 1. The molecule has 1 aromatic rings. The second-order valence-corrected chi connectivity index (χ2v) is 7.62. The molecule has 0 unspecified atom stereocenters. The molecule has 25 heavy (non-hydrogen) atoms. The van der Waals surface area contributed by atoms with Crippen LogP contribution in [0.3, 0.4) is 0 Å². The zero-order valence-corrected chi connectivity index (χ0v) is 13.1. The molecule has 2 saturated heterocycles. The number of ether oxygens (including phenoxy) is 2. The number of sulfone groups is 1. The van der Waals surface area contributed by atoms with Gasteiger partial charge in [0, 0.05) is 0 Å². The average Bonchev–Trinajstić information content (AvgIpc) is 2.62. The van der Waals surface area contributed by atoms with E-state index in [1.54, 1.807) is 6.07 Å². The molecule has 9 heteroatoms. The van der Waals surface area contributed by atoms with E-state index in [0.717, 1.165) is 18.2 Å². The van der Waals surface area contributed by atoms with Crippen LogP contribution >= 0.6 is 0 Å². The van der Waals surface area contributed by atoms with Gasteiger partial charge in [-0.05, 0) is 24.3 Å². The first-order chi connectivity index (χ1) is 11.8. The molecular weight excluding hydrogens is 352 g/mol. The lowest BCUT2D eigenvalue weighted by molar-refractivity contribution is -0.223. The Labute approximate surface area is 140 Å². The summed E-state index contributed by atoms with van der Waals surface area (Å²) in [4.78, 5) is 47.5. The van der Waals surface area contributed by atoms with Gasteiger partial charge in [0.1, 0.15) is 0 Å². The third kappa shape index (κ3) is 1.58. The van der Waals surface area contributed by atoms with Crippen molar-refractivity contribution >= 4 is 33.7 Å². The second kappa shape index (κ2) is 4.51. The molecule has 0 N–H and O–H groups in total. The lowest BCUT2D eigenvalue weighted by Crippen LogP contribution is -2.72. The van der Waals surface area contributed by atoms with Crippen LogP contribution in [0.5, 0.6) is 0 Å². The molecule has 0 amide bonds. The summed E-state index contributed by atoms with van der Waals surface area (Å²) in [7, 11) is -4.07. The maximum absolute atomic E-state index is 12.7. The number of allylic oxidation sites excluding steroid dienone is 1. The van der Waals surface area contributed by atoms with E-state index in [2.05, 4.69) is 9.47 Å². The van der Waals surface area contributed by atoms with Gasteiger partial charge < -0.3 is 9.47 Å². The van der Waals surface area contributed by atoms with Gasteiger partial charge in [-0.15, -0.1) is 0 Å². The first-order valence-electron chi connectivity index (χ1n) is 7.02. The molecule has 8 nitrogen and oxygen atoms in total. The predicted molar refractivity (Wildman–Crippen MR) is 77.9 cm³/mol. The van der Waals surface area contributed by atoms with E-state index in [9.17, 15) is 27.6 Å². The molecule has 2 aliphatic heterocycles. The van der Waals surface area contributed by atoms with Crippen LogP contribution in [0.15, 0.2) is 58.4 Å². The zero-order chi connectivity index (χ0) is 18.0. The Morgan fingerprint density at radius 2 is 1.28 bits per heavy atom. The summed E-state index contributed by atoms with van der Waals surface area (Å²) in [5.74, 6) is -4.56. The monoisotopic (exact) mass is 360 g/mol. The van der Waals surface area contributed by atoms with Crippen LogP contribution in [0, 0.1) is 10.8 Å². The van der Waals surface area contributed by atoms with Gasteiger partial charge >= 0.3 is 23.9 Å². The van der Waals surface area contributed by atoms with Crippen molar-refractivity contribution < 1.29 is 37.1 Å². The Hall–Kier alpha value is -3.07. The Morgan fingerprint density at radius 3 is 1.76 bits per heavy atom. The smallest absolute Gasteiger partial charge is 0.337 e. The van der Waals surface area contributed by atoms with Gasteiger partial charge in [0.2, 0.25) is 20.7 Å². The van der Waals surface area contributed by atoms with Crippen molar-refractivity contribution in [2.45, 2.75) is 4.90 Å². The number of fused-ring (bicyclic) bond motifs is 1. The van der Waals surface area contributed by atoms with Crippen molar-refractivity contribution in [3.63, 3.8) is 0 Å². The van der Waals surface area contributed by atoms with Gasteiger partial charge in [-0.25, -0.2) is 27.6 Å². The molecule has 0 saturated carbocycles. The summed E-state index contributed by atoms with van der Waals surface area (Å²) < 4.78 is 34.1. The molecule has 0 bridgehead atoms. The minimum atomic E-state index is -4.07. The topological polar surface area (TPSA) is 121 Å². The predicted octanol–water partition coefficient (Wildman–Crippen LogP) is 0.0536. The van der Waals surface area contributed by atoms with Crippen LogP contribution in [0.2, 0.25) is 0 Å². The average molecular weight is 360 g/mol. The van der Waals surface area contributed by atoms with Crippen LogP contribution in [0.25, 0.3) is 0 Å². The number of hydrogen-bond acceptors (Lipinski definition) is 8. The molecule has 4 rings (SSSR count). The summed E-state index contributed by atoms with van der Waals surface area (Å²) >= 11 is 0. The van der Waals surface area contributed by atoms with Crippen LogP contribution in [0.1, 0.15) is 0 Å². The highest BCUT2D eigenvalue weighted by Crippen LogP contribution is 2.58. The Balaban J connectivity index is 1.92. The van der Waals surface area contributed by atoms with E-state index in [-0.39, 0.29) is 9.80 Å². The molecule has 0 radical (unpaired) electrons. The molecule has 0 atom stereocenters. The van der Waals surface area contributed by atoms with Crippen LogP contribution < -0.4 is 0 Å². The van der Waals surface area contributed by atoms with Gasteiger partial charge in [-0.2, -0.15) is 0 Å². The quantitative estimate of drug-likeness (QED) is 0.536. The number of hydrogen-bond donors (Lipinski definition) is 0. The molecule has 1 aliphatic carbocycles. The van der Waals surface area contributed by atoms with Gasteiger partial charge in [0.05, 0.1) is 9.80 Å². The number of cyclic esters (lactones) is 4. The maximum Gasteiger partial charge on any atom is 0.337 e. The summed E-state index contributed by atoms with van der Waals surface area (Å²) in [6.07, 6.45) is 2.75. The molecule has 126 valence electrons. The van der Waals surface area contributed by atoms with Gasteiger partial charge in [-0.3, -0.25) is 0 Å². The van der Waals surface area contributed by atoms with Crippen LogP contribution in [-0.2, 0) is 38.5 Å². The van der Waals surface area contributed by atoms with E-state index in [1.165, 1.54) is 24.3 Å². The first-order valence-corrected chi connectivity index (χ1v) is 8.51. The third-order valence-electron chi connectivity index (χ3n) is 4.50. The number of carbonyl (C=O) groups excluding carboxylic acids is 4. The van der Waals surface area contributed by atoms with Crippen molar-refractivity contribution in [3.8, 4) is 0 Å². The van der Waals surface area contributed by atoms with Crippen molar-refractivity contribution in [1.82, 2.24) is 0 Å². The molecule has 2 spiro atoms. The van der Waals surface area contributed by atoms with Crippen molar-refractivity contribution in [2.24, 2.45) is 10.8 Å². The lowest BCUT2D eigenvalue weighted by Gasteiger charge is -2.49. The highest BCUT2D eigenvalue weighted by atomic mass is 32.2. The molecule has 1 aromatic carbocycles. The molecular formula is C16H8O8S. The second-order valence-electron chi connectivity index (χ2n) is 5.67. The third-order valence-corrected chi connectivity index (χ3v) is 6.27. The van der Waals surface area contributed by atoms with E-state index >= 15 is 0 Å². The van der Waals surface area contributed by atoms with Crippen LogP contribution in [0.4, 0.5) is 0 Å². The Bertz CT molecular complexity index is 1000. The van der Waals surface area contributed by atoms with Gasteiger partial charge in [-0.1, -0.05) is 24.3 Å². The largest absolute Gasteiger partial charge is 0.391 e. The Morgan fingerprint density at radius 1 is 0.760 bits per heavy atom. The minimum Gasteiger partial charge on any atom is -0.391 e. The zero-order valence-electron chi connectivity index (χ0n) is 12.3. The van der Waals surface area contributed by atoms with Gasteiger partial charge in [0.25, 0.3) is 0 Å². The minimum absolute atomic E-state index is 0.0698. The van der Waals surface area contributed by atoms with Crippen molar-refractivity contribution in [1.29, 1.82) is 0 Å². The fourth-order valence-electron chi connectivity index (χ4n) is 3.08. The summed E-state index contributed by atoms with van der Waals surface area (Å²) in [5.41, 5.74) is -4.54. The van der Waals surface area contributed by atoms with E-state index < -0.39 is 44.5 Å². The molecule has 0 aromatic heterocycles. The lowest BCUT2D eigenvalue weighted by atomic mass is 9.56.